The van der Waals surface area contributed by atoms with E-state index in [-0.39, 0.29) is 6.04 Å². The lowest BCUT2D eigenvalue weighted by atomic mass is 10.0. The maximum absolute atomic E-state index is 6.12. The lowest BCUT2D eigenvalue weighted by Crippen LogP contribution is -2.10. The first-order valence-electron chi connectivity index (χ1n) is 4.53. The van der Waals surface area contributed by atoms with Crippen LogP contribution in [0.15, 0.2) is 28.2 Å². The quantitative estimate of drug-likeness (QED) is 0.822. The first-order valence-corrected chi connectivity index (χ1v) is 5.41. The highest BCUT2D eigenvalue weighted by Gasteiger charge is 2.13. The van der Waals surface area contributed by atoms with Crippen LogP contribution in [0.2, 0.25) is 0 Å². The van der Waals surface area contributed by atoms with Crippen LogP contribution in [-0.4, -0.2) is 0 Å². The lowest BCUT2D eigenvalue weighted by Gasteiger charge is -2.08. The maximum Gasteiger partial charge on any atom is 0.101 e. The first kappa shape index (κ1) is 9.49. The molecular formula is C11H13NOS. The van der Waals surface area contributed by atoms with Crippen molar-refractivity contribution in [3.05, 3.63) is 45.5 Å². The van der Waals surface area contributed by atoms with Crippen molar-refractivity contribution in [3.63, 3.8) is 0 Å². The molecule has 3 heteroatoms. The van der Waals surface area contributed by atoms with Gasteiger partial charge in [0.15, 0.2) is 0 Å². The van der Waals surface area contributed by atoms with Gasteiger partial charge in [0.1, 0.15) is 5.76 Å². The Hall–Kier alpha value is -1.06. The molecule has 0 saturated heterocycles. The number of thiophene rings is 1. The summed E-state index contributed by atoms with van der Waals surface area (Å²) in [6.45, 7) is 4.02. The molecule has 0 fully saturated rings. The smallest absolute Gasteiger partial charge is 0.101 e. The van der Waals surface area contributed by atoms with E-state index in [2.05, 4.69) is 18.4 Å². The summed E-state index contributed by atoms with van der Waals surface area (Å²) in [6.07, 6.45) is 1.73. The van der Waals surface area contributed by atoms with Crippen LogP contribution in [0.1, 0.15) is 27.8 Å². The zero-order chi connectivity index (χ0) is 10.1. The molecule has 0 aliphatic heterocycles. The van der Waals surface area contributed by atoms with Crippen molar-refractivity contribution in [1.29, 1.82) is 0 Å². The van der Waals surface area contributed by atoms with Crippen molar-refractivity contribution in [2.45, 2.75) is 19.9 Å². The van der Waals surface area contributed by atoms with Gasteiger partial charge in [-0.05, 0) is 36.9 Å². The van der Waals surface area contributed by atoms with E-state index in [4.69, 9.17) is 10.2 Å². The molecule has 0 radical (unpaired) electrons. The molecular weight excluding hydrogens is 194 g/mol. The third-order valence-corrected chi connectivity index (χ3v) is 3.21. The molecule has 1 atom stereocenters. The molecule has 2 heterocycles. The molecule has 0 amide bonds. The second kappa shape index (κ2) is 3.59. The molecule has 2 N–H and O–H groups in total. The van der Waals surface area contributed by atoms with Gasteiger partial charge in [0.2, 0.25) is 0 Å². The van der Waals surface area contributed by atoms with E-state index in [1.54, 1.807) is 17.6 Å². The van der Waals surface area contributed by atoms with Crippen LogP contribution >= 0.6 is 11.3 Å². The molecule has 1 unspecified atom stereocenters. The van der Waals surface area contributed by atoms with Gasteiger partial charge < -0.3 is 10.2 Å². The largest absolute Gasteiger partial charge is 0.469 e. The monoisotopic (exact) mass is 207 g/mol. The molecule has 2 nitrogen and oxygen atoms in total. The molecule has 2 aromatic heterocycles. The number of nitrogens with two attached hydrogens (primary N) is 1. The van der Waals surface area contributed by atoms with E-state index < -0.39 is 0 Å². The van der Waals surface area contributed by atoms with E-state index in [9.17, 15) is 0 Å². The fraction of sp³-hybridized carbons (Fsp3) is 0.273. The van der Waals surface area contributed by atoms with E-state index >= 15 is 0 Å². The van der Waals surface area contributed by atoms with Gasteiger partial charge in [0, 0.05) is 10.4 Å². The minimum Gasteiger partial charge on any atom is -0.469 e. The van der Waals surface area contributed by atoms with Crippen LogP contribution in [0.4, 0.5) is 0 Å². The van der Waals surface area contributed by atoms with Crippen molar-refractivity contribution in [2.24, 2.45) is 5.73 Å². The average Bonchev–Trinajstić information content (AvgIpc) is 2.73. The highest BCUT2D eigenvalue weighted by atomic mass is 32.1. The summed E-state index contributed by atoms with van der Waals surface area (Å²) in [4.78, 5) is 1.27. The Balaban J connectivity index is 2.33. The molecule has 0 aliphatic carbocycles. The Labute approximate surface area is 87.4 Å². The summed E-state index contributed by atoms with van der Waals surface area (Å²) in [5.74, 6) is 0.906. The van der Waals surface area contributed by atoms with Gasteiger partial charge in [-0.2, -0.15) is 0 Å². The summed E-state index contributed by atoms with van der Waals surface area (Å²) < 4.78 is 5.25. The van der Waals surface area contributed by atoms with Gasteiger partial charge in [0.25, 0.3) is 0 Å². The Morgan fingerprint density at radius 2 is 2.21 bits per heavy atom. The molecule has 0 aromatic carbocycles. The van der Waals surface area contributed by atoms with Crippen molar-refractivity contribution in [2.75, 3.05) is 0 Å². The number of rotatable bonds is 2. The van der Waals surface area contributed by atoms with E-state index in [1.165, 1.54) is 10.4 Å². The van der Waals surface area contributed by atoms with Crippen LogP contribution in [-0.2, 0) is 0 Å². The van der Waals surface area contributed by atoms with Gasteiger partial charge in [-0.1, -0.05) is 0 Å². The normalized spacial score (nSPS) is 13.1. The minimum atomic E-state index is -0.0568. The SMILES string of the molecule is Cc1cc(C(N)c2ccsc2C)co1. The molecule has 2 aromatic rings. The van der Waals surface area contributed by atoms with Crippen LogP contribution in [0.5, 0.6) is 0 Å². The van der Waals surface area contributed by atoms with Gasteiger partial charge >= 0.3 is 0 Å². The predicted molar refractivity (Wildman–Crippen MR) is 58.5 cm³/mol. The fourth-order valence-corrected chi connectivity index (χ4v) is 2.27. The lowest BCUT2D eigenvalue weighted by molar-refractivity contribution is 0.530. The van der Waals surface area contributed by atoms with Crippen LogP contribution in [0, 0.1) is 13.8 Å². The molecule has 0 bridgehead atoms. The van der Waals surface area contributed by atoms with Crippen molar-refractivity contribution < 1.29 is 4.42 Å². The zero-order valence-electron chi connectivity index (χ0n) is 8.28. The Kier molecular flexibility index (Phi) is 2.44. The van der Waals surface area contributed by atoms with Gasteiger partial charge in [0.05, 0.1) is 12.3 Å². The molecule has 0 saturated carbocycles. The van der Waals surface area contributed by atoms with Crippen molar-refractivity contribution in [3.8, 4) is 0 Å². The fourth-order valence-electron chi connectivity index (χ4n) is 1.52. The third-order valence-electron chi connectivity index (χ3n) is 2.34. The predicted octanol–water partition coefficient (Wildman–Crippen LogP) is 3.01. The number of aryl methyl sites for hydroxylation is 2. The number of furan rings is 1. The van der Waals surface area contributed by atoms with Gasteiger partial charge in [-0.15, -0.1) is 11.3 Å². The van der Waals surface area contributed by atoms with E-state index in [0.717, 1.165) is 11.3 Å². The van der Waals surface area contributed by atoms with E-state index in [1.807, 2.05) is 13.0 Å². The highest BCUT2D eigenvalue weighted by molar-refractivity contribution is 7.10. The first-order chi connectivity index (χ1) is 6.68. The second-order valence-electron chi connectivity index (χ2n) is 3.40. The average molecular weight is 207 g/mol. The molecule has 2 rings (SSSR count). The molecule has 0 aliphatic rings. The van der Waals surface area contributed by atoms with Gasteiger partial charge in [-0.25, -0.2) is 0 Å². The molecule has 74 valence electrons. The standard InChI is InChI=1S/C11H13NOS/c1-7-5-9(6-13-7)11(12)10-3-4-14-8(10)2/h3-6,11H,12H2,1-2H3. The van der Waals surface area contributed by atoms with Crippen LogP contribution in [0.25, 0.3) is 0 Å². The molecule has 14 heavy (non-hydrogen) atoms. The summed E-state index contributed by atoms with van der Waals surface area (Å²) in [5, 5.41) is 2.07. The number of hydrogen-bond acceptors (Lipinski definition) is 3. The Morgan fingerprint density at radius 1 is 1.43 bits per heavy atom. The van der Waals surface area contributed by atoms with Crippen molar-refractivity contribution in [1.82, 2.24) is 0 Å². The van der Waals surface area contributed by atoms with Crippen LogP contribution < -0.4 is 5.73 Å². The summed E-state index contributed by atoms with van der Waals surface area (Å²) in [6, 6.07) is 4.01. The minimum absolute atomic E-state index is 0.0568. The molecule has 0 spiro atoms. The number of hydrogen-bond donors (Lipinski definition) is 1. The zero-order valence-corrected chi connectivity index (χ0v) is 9.10. The summed E-state index contributed by atoms with van der Waals surface area (Å²) in [5.41, 5.74) is 8.36. The Morgan fingerprint density at radius 3 is 2.71 bits per heavy atom. The van der Waals surface area contributed by atoms with Crippen molar-refractivity contribution >= 4 is 11.3 Å². The third kappa shape index (κ3) is 1.61. The summed E-state index contributed by atoms with van der Waals surface area (Å²) in [7, 11) is 0. The summed E-state index contributed by atoms with van der Waals surface area (Å²) >= 11 is 1.72. The Bertz CT molecular complexity index is 430. The maximum atomic E-state index is 6.12. The van der Waals surface area contributed by atoms with Gasteiger partial charge in [-0.3, -0.25) is 0 Å². The second-order valence-corrected chi connectivity index (χ2v) is 4.52. The van der Waals surface area contributed by atoms with Crippen LogP contribution in [0.3, 0.4) is 0 Å². The topological polar surface area (TPSA) is 39.2 Å². The van der Waals surface area contributed by atoms with E-state index in [0.29, 0.717) is 0 Å². The highest BCUT2D eigenvalue weighted by Crippen LogP contribution is 2.27.